The fraction of sp³-hybridized carbons (Fsp3) is 0.600. The van der Waals surface area contributed by atoms with Gasteiger partial charge in [-0.15, -0.1) is 0 Å². The van der Waals surface area contributed by atoms with Crippen LogP contribution in [0.25, 0.3) is 0 Å². The zero-order valence-corrected chi connectivity index (χ0v) is 13.7. The predicted octanol–water partition coefficient (Wildman–Crippen LogP) is 3.72. The van der Waals surface area contributed by atoms with E-state index in [9.17, 15) is 4.79 Å². The van der Waals surface area contributed by atoms with Crippen LogP contribution in [0.2, 0.25) is 0 Å². The third-order valence-electron chi connectivity index (χ3n) is 4.25. The Morgan fingerprint density at radius 1 is 1.40 bits per heavy atom. The molecule has 3 rings (SSSR count). The zero-order chi connectivity index (χ0) is 14.0. The highest BCUT2D eigenvalue weighted by molar-refractivity contribution is 9.10. The van der Waals surface area contributed by atoms with Crippen LogP contribution in [-0.4, -0.2) is 34.5 Å². The molecule has 3 heterocycles. The average Bonchev–Trinajstić information content (AvgIpc) is 2.48. The zero-order valence-electron chi connectivity index (χ0n) is 11.3. The number of thioether (sulfide) groups is 1. The van der Waals surface area contributed by atoms with Crippen molar-refractivity contribution in [2.45, 2.75) is 31.3 Å². The summed E-state index contributed by atoms with van der Waals surface area (Å²) in [5.74, 6) is 2.55. The number of aromatic nitrogens is 1. The lowest BCUT2D eigenvalue weighted by Crippen LogP contribution is -2.44. The molecule has 0 aliphatic carbocycles. The Bertz CT molecular complexity index is 480. The first-order valence-electron chi connectivity index (χ1n) is 7.06. The van der Waals surface area contributed by atoms with Gasteiger partial charge in [0.05, 0.1) is 5.60 Å². The van der Waals surface area contributed by atoms with Gasteiger partial charge < -0.3 is 4.74 Å². The summed E-state index contributed by atoms with van der Waals surface area (Å²) in [5.41, 5.74) is 0.541. The van der Waals surface area contributed by atoms with E-state index in [0.29, 0.717) is 12.3 Å². The van der Waals surface area contributed by atoms with Crippen LogP contribution in [0, 0.1) is 5.92 Å². The Morgan fingerprint density at radius 3 is 2.90 bits per heavy atom. The van der Waals surface area contributed by atoms with Crippen LogP contribution in [0.15, 0.2) is 22.8 Å². The van der Waals surface area contributed by atoms with Gasteiger partial charge >= 0.3 is 0 Å². The second kappa shape index (κ2) is 6.16. The van der Waals surface area contributed by atoms with Crippen LogP contribution in [-0.2, 0) is 4.74 Å². The first kappa shape index (κ1) is 14.5. The minimum atomic E-state index is -0.0425. The molecule has 3 nitrogen and oxygen atoms in total. The summed E-state index contributed by atoms with van der Waals surface area (Å²) in [4.78, 5) is 16.8. The Labute approximate surface area is 132 Å². The van der Waals surface area contributed by atoms with Crippen molar-refractivity contribution in [3.8, 4) is 0 Å². The SMILES string of the molecule is O=C(c1ccc(Br)cn1)C1CCOC2(CCSCC2)C1. The van der Waals surface area contributed by atoms with E-state index in [1.807, 2.05) is 23.9 Å². The summed E-state index contributed by atoms with van der Waals surface area (Å²) in [6.07, 6.45) is 5.54. The molecule has 0 radical (unpaired) electrons. The van der Waals surface area contributed by atoms with Crippen LogP contribution < -0.4 is 0 Å². The lowest BCUT2D eigenvalue weighted by molar-refractivity contribution is -0.0960. The summed E-state index contributed by atoms with van der Waals surface area (Å²) < 4.78 is 6.95. The minimum Gasteiger partial charge on any atom is -0.375 e. The number of rotatable bonds is 2. The van der Waals surface area contributed by atoms with Gasteiger partial charge in [-0.1, -0.05) is 0 Å². The highest BCUT2D eigenvalue weighted by Crippen LogP contribution is 2.40. The van der Waals surface area contributed by atoms with Crippen molar-refractivity contribution in [3.63, 3.8) is 0 Å². The van der Waals surface area contributed by atoms with Crippen molar-refractivity contribution in [1.82, 2.24) is 4.98 Å². The van der Waals surface area contributed by atoms with Crippen molar-refractivity contribution in [1.29, 1.82) is 0 Å². The maximum atomic E-state index is 12.6. The van der Waals surface area contributed by atoms with Crippen LogP contribution in [0.5, 0.6) is 0 Å². The maximum absolute atomic E-state index is 12.6. The molecule has 2 saturated heterocycles. The standard InChI is InChI=1S/C15H18BrNO2S/c16-12-1-2-13(17-10-12)14(18)11-3-6-19-15(9-11)4-7-20-8-5-15/h1-2,10-11H,3-9H2. The smallest absolute Gasteiger partial charge is 0.184 e. The number of halogens is 1. The number of pyridine rings is 1. The summed E-state index contributed by atoms with van der Waals surface area (Å²) in [7, 11) is 0. The molecule has 1 unspecified atom stereocenters. The first-order chi connectivity index (χ1) is 9.69. The molecule has 1 atom stereocenters. The lowest BCUT2D eigenvalue weighted by atomic mass is 9.79. The van der Waals surface area contributed by atoms with Crippen LogP contribution >= 0.6 is 27.7 Å². The molecule has 0 amide bonds. The summed E-state index contributed by atoms with van der Waals surface area (Å²) in [6.45, 7) is 0.706. The van der Waals surface area contributed by atoms with Crippen molar-refractivity contribution in [3.05, 3.63) is 28.5 Å². The molecular formula is C15H18BrNO2S. The van der Waals surface area contributed by atoms with Gasteiger partial charge in [-0.25, -0.2) is 0 Å². The molecule has 108 valence electrons. The van der Waals surface area contributed by atoms with Crippen molar-refractivity contribution >= 4 is 33.5 Å². The maximum Gasteiger partial charge on any atom is 0.184 e. The Kier molecular flexibility index (Phi) is 4.48. The number of hydrogen-bond acceptors (Lipinski definition) is 4. The minimum absolute atomic E-state index is 0.0425. The van der Waals surface area contributed by atoms with E-state index in [4.69, 9.17) is 4.74 Å². The molecule has 2 fully saturated rings. The number of carbonyl (C=O) groups excluding carboxylic acids is 1. The van der Waals surface area contributed by atoms with E-state index in [0.717, 1.165) is 41.7 Å². The molecule has 0 saturated carbocycles. The number of carbonyl (C=O) groups is 1. The second-order valence-corrected chi connectivity index (χ2v) is 7.70. The molecule has 0 bridgehead atoms. The van der Waals surface area contributed by atoms with Gasteiger partial charge in [0.1, 0.15) is 5.69 Å². The third-order valence-corrected chi connectivity index (χ3v) is 5.70. The molecule has 0 aromatic carbocycles. The number of nitrogens with zero attached hydrogens (tertiary/aromatic N) is 1. The Balaban J connectivity index is 1.73. The van der Waals surface area contributed by atoms with Gasteiger partial charge in [-0.2, -0.15) is 11.8 Å². The predicted molar refractivity (Wildman–Crippen MR) is 84.2 cm³/mol. The highest BCUT2D eigenvalue weighted by Gasteiger charge is 2.41. The van der Waals surface area contributed by atoms with E-state index in [-0.39, 0.29) is 17.3 Å². The monoisotopic (exact) mass is 355 g/mol. The van der Waals surface area contributed by atoms with Crippen LogP contribution in [0.1, 0.15) is 36.2 Å². The van der Waals surface area contributed by atoms with Crippen LogP contribution in [0.3, 0.4) is 0 Å². The second-order valence-electron chi connectivity index (χ2n) is 5.56. The summed E-state index contributed by atoms with van der Waals surface area (Å²) >= 11 is 5.34. The molecule has 1 spiro atoms. The number of Topliss-reactive ketones (excluding diaryl/α,β-unsaturated/α-hetero) is 1. The van der Waals surface area contributed by atoms with Gasteiger partial charge in [0.15, 0.2) is 5.78 Å². The van der Waals surface area contributed by atoms with Gasteiger partial charge in [0, 0.05) is 23.2 Å². The number of ketones is 1. The highest BCUT2D eigenvalue weighted by atomic mass is 79.9. The number of hydrogen-bond donors (Lipinski definition) is 0. The molecule has 2 aliphatic rings. The Morgan fingerprint density at radius 2 is 2.20 bits per heavy atom. The van der Waals surface area contributed by atoms with E-state index in [1.54, 1.807) is 6.20 Å². The largest absolute Gasteiger partial charge is 0.375 e. The Hall–Kier alpha value is -0.390. The molecule has 2 aliphatic heterocycles. The summed E-state index contributed by atoms with van der Waals surface area (Å²) in [6, 6.07) is 3.69. The number of ether oxygens (including phenoxy) is 1. The normalized spacial score (nSPS) is 25.6. The van der Waals surface area contributed by atoms with E-state index >= 15 is 0 Å². The van der Waals surface area contributed by atoms with E-state index in [1.165, 1.54) is 0 Å². The molecule has 0 N–H and O–H groups in total. The molecule has 1 aromatic rings. The van der Waals surface area contributed by atoms with Gasteiger partial charge in [-0.3, -0.25) is 9.78 Å². The van der Waals surface area contributed by atoms with Gasteiger partial charge in [0.2, 0.25) is 0 Å². The van der Waals surface area contributed by atoms with Crippen molar-refractivity contribution in [2.75, 3.05) is 18.1 Å². The van der Waals surface area contributed by atoms with E-state index < -0.39 is 0 Å². The van der Waals surface area contributed by atoms with E-state index in [2.05, 4.69) is 20.9 Å². The van der Waals surface area contributed by atoms with Gasteiger partial charge in [-0.05, 0) is 65.3 Å². The molecule has 5 heteroatoms. The van der Waals surface area contributed by atoms with Crippen molar-refractivity contribution < 1.29 is 9.53 Å². The topological polar surface area (TPSA) is 39.2 Å². The lowest BCUT2D eigenvalue weighted by Gasteiger charge is -2.42. The van der Waals surface area contributed by atoms with Crippen molar-refractivity contribution in [2.24, 2.45) is 5.92 Å². The fourth-order valence-electron chi connectivity index (χ4n) is 3.07. The molecular weight excluding hydrogens is 338 g/mol. The first-order valence-corrected chi connectivity index (χ1v) is 9.01. The van der Waals surface area contributed by atoms with Crippen LogP contribution in [0.4, 0.5) is 0 Å². The molecule has 20 heavy (non-hydrogen) atoms. The average molecular weight is 356 g/mol. The quantitative estimate of drug-likeness (QED) is 0.758. The third kappa shape index (κ3) is 3.10. The summed E-state index contributed by atoms with van der Waals surface area (Å²) in [5, 5.41) is 0. The fourth-order valence-corrected chi connectivity index (χ4v) is 4.55. The molecule has 1 aromatic heterocycles. The van der Waals surface area contributed by atoms with Gasteiger partial charge in [0.25, 0.3) is 0 Å².